The summed E-state index contributed by atoms with van der Waals surface area (Å²) in [4.78, 5) is 8.62. The highest BCUT2D eigenvalue weighted by Gasteiger charge is 2.15. The standard InChI is InChI=1S/C7H11B2N3O/c8-7-11-5-1-2-10-3-4(5)6(12-7)13-9/h10H,1-3,8-9H2. The zero-order chi connectivity index (χ0) is 9.26. The molecule has 0 unspecified atom stereocenters. The van der Waals surface area contributed by atoms with E-state index >= 15 is 0 Å². The molecule has 4 nitrogen and oxygen atoms in total. The molecule has 2 heterocycles. The highest BCUT2D eigenvalue weighted by molar-refractivity contribution is 6.29. The monoisotopic (exact) mass is 175 g/mol. The molecule has 1 aromatic rings. The quantitative estimate of drug-likeness (QED) is 0.472. The third-order valence-electron chi connectivity index (χ3n) is 2.20. The maximum Gasteiger partial charge on any atom is 0.324 e. The van der Waals surface area contributed by atoms with E-state index in [1.807, 2.05) is 7.85 Å². The van der Waals surface area contributed by atoms with Crippen LogP contribution in [0.25, 0.3) is 0 Å². The lowest BCUT2D eigenvalue weighted by Crippen LogP contribution is -2.29. The van der Waals surface area contributed by atoms with E-state index < -0.39 is 0 Å². The van der Waals surface area contributed by atoms with Gasteiger partial charge in [0.05, 0.1) is 11.4 Å². The second kappa shape index (κ2) is 3.38. The smallest absolute Gasteiger partial charge is 0.324 e. The van der Waals surface area contributed by atoms with Gasteiger partial charge >= 0.3 is 8.05 Å². The fourth-order valence-electron chi connectivity index (χ4n) is 1.60. The SMILES string of the molecule is BOc1nc(B)nc2c1CNCC2. The van der Waals surface area contributed by atoms with Crippen LogP contribution in [0.15, 0.2) is 0 Å². The van der Waals surface area contributed by atoms with E-state index in [-0.39, 0.29) is 0 Å². The first-order valence-electron chi connectivity index (χ1n) is 4.42. The Labute approximate surface area is 79.0 Å². The number of hydrogen-bond donors (Lipinski definition) is 1. The molecular formula is C7H11B2N3O. The van der Waals surface area contributed by atoms with Crippen molar-refractivity contribution in [2.75, 3.05) is 6.54 Å². The largest absolute Gasteiger partial charge is 0.555 e. The summed E-state index contributed by atoms with van der Waals surface area (Å²) >= 11 is 0. The highest BCUT2D eigenvalue weighted by Crippen LogP contribution is 2.18. The Bertz CT molecular complexity index is 315. The Kier molecular flexibility index (Phi) is 2.22. The van der Waals surface area contributed by atoms with Gasteiger partial charge in [-0.15, -0.1) is 0 Å². The lowest BCUT2D eigenvalue weighted by molar-refractivity contribution is 0.543. The molecule has 0 radical (unpaired) electrons. The maximum atomic E-state index is 5.20. The first-order valence-corrected chi connectivity index (χ1v) is 4.42. The predicted octanol–water partition coefficient (Wildman–Crippen LogP) is -2.69. The third-order valence-corrected chi connectivity index (χ3v) is 2.20. The molecule has 6 heteroatoms. The van der Waals surface area contributed by atoms with Crippen LogP contribution in [0, 0.1) is 0 Å². The van der Waals surface area contributed by atoms with Gasteiger partial charge in [-0.2, -0.15) is 0 Å². The topological polar surface area (TPSA) is 47.0 Å². The van der Waals surface area contributed by atoms with Crippen molar-refractivity contribution in [1.82, 2.24) is 15.3 Å². The van der Waals surface area contributed by atoms with Gasteiger partial charge in [-0.1, -0.05) is 0 Å². The molecule has 13 heavy (non-hydrogen) atoms. The van der Waals surface area contributed by atoms with Crippen LogP contribution >= 0.6 is 0 Å². The van der Waals surface area contributed by atoms with Crippen molar-refractivity contribution in [3.05, 3.63) is 11.3 Å². The van der Waals surface area contributed by atoms with Crippen molar-refractivity contribution in [2.24, 2.45) is 0 Å². The van der Waals surface area contributed by atoms with Crippen LogP contribution in [0.2, 0.25) is 0 Å². The van der Waals surface area contributed by atoms with E-state index in [0.717, 1.165) is 42.4 Å². The molecule has 0 saturated heterocycles. The first-order chi connectivity index (χ1) is 6.31. The molecule has 1 N–H and O–H groups in total. The van der Waals surface area contributed by atoms with Gasteiger partial charge in [-0.3, -0.25) is 0 Å². The molecule has 0 amide bonds. The molecular weight excluding hydrogens is 164 g/mol. The van der Waals surface area contributed by atoms with Gasteiger partial charge in [0.15, 0.2) is 7.85 Å². The van der Waals surface area contributed by atoms with Crippen LogP contribution in [0.3, 0.4) is 0 Å². The maximum absolute atomic E-state index is 5.20. The summed E-state index contributed by atoms with van der Waals surface area (Å²) in [5.41, 5.74) is 3.03. The fraction of sp³-hybridized carbons (Fsp3) is 0.429. The zero-order valence-corrected chi connectivity index (χ0v) is 7.92. The minimum absolute atomic E-state index is 0.717. The van der Waals surface area contributed by atoms with Gasteiger partial charge in [0.1, 0.15) is 0 Å². The molecule has 0 saturated carbocycles. The molecule has 0 aliphatic carbocycles. The van der Waals surface area contributed by atoms with E-state index in [0.29, 0.717) is 0 Å². The van der Waals surface area contributed by atoms with Crippen molar-refractivity contribution < 1.29 is 4.65 Å². The Morgan fingerprint density at radius 1 is 1.38 bits per heavy atom. The van der Waals surface area contributed by atoms with E-state index in [2.05, 4.69) is 15.3 Å². The highest BCUT2D eigenvalue weighted by atomic mass is 16.4. The second-order valence-electron chi connectivity index (χ2n) is 3.13. The van der Waals surface area contributed by atoms with Crippen molar-refractivity contribution in [1.29, 1.82) is 0 Å². The lowest BCUT2D eigenvalue weighted by Gasteiger charge is -2.18. The number of fused-ring (bicyclic) bond motifs is 1. The average Bonchev–Trinajstić information content (AvgIpc) is 2.16. The van der Waals surface area contributed by atoms with E-state index in [4.69, 9.17) is 4.65 Å². The zero-order valence-electron chi connectivity index (χ0n) is 7.92. The predicted molar refractivity (Wildman–Crippen MR) is 54.8 cm³/mol. The lowest BCUT2D eigenvalue weighted by atomic mass is 10.1. The van der Waals surface area contributed by atoms with Gasteiger partial charge in [-0.25, -0.2) is 9.97 Å². The number of hydrogen-bond acceptors (Lipinski definition) is 4. The number of nitrogens with one attached hydrogen (secondary N) is 1. The Balaban J connectivity index is 2.50. The van der Waals surface area contributed by atoms with Crippen molar-refractivity contribution in [3.63, 3.8) is 0 Å². The molecule has 0 bridgehead atoms. The van der Waals surface area contributed by atoms with Crippen LogP contribution in [-0.2, 0) is 13.0 Å². The van der Waals surface area contributed by atoms with Gasteiger partial charge < -0.3 is 9.97 Å². The molecule has 66 valence electrons. The van der Waals surface area contributed by atoms with Crippen molar-refractivity contribution in [2.45, 2.75) is 13.0 Å². The molecule has 1 aromatic heterocycles. The molecule has 0 aromatic carbocycles. The van der Waals surface area contributed by atoms with Crippen LogP contribution < -0.4 is 15.7 Å². The van der Waals surface area contributed by atoms with Gasteiger partial charge in [0, 0.05) is 25.1 Å². The van der Waals surface area contributed by atoms with Crippen LogP contribution in [0.5, 0.6) is 5.88 Å². The molecule has 0 fully saturated rings. The Morgan fingerprint density at radius 2 is 2.23 bits per heavy atom. The minimum atomic E-state index is 0.717. The van der Waals surface area contributed by atoms with E-state index in [9.17, 15) is 0 Å². The first kappa shape index (κ1) is 8.56. The van der Waals surface area contributed by atoms with Gasteiger partial charge in [-0.05, 0) is 0 Å². The van der Waals surface area contributed by atoms with Gasteiger partial charge in [0.25, 0.3) is 0 Å². The molecule has 1 aliphatic rings. The summed E-state index contributed by atoms with van der Waals surface area (Å²) in [6, 6.07) is 0. The average molecular weight is 175 g/mol. The van der Waals surface area contributed by atoms with Crippen LogP contribution in [0.4, 0.5) is 0 Å². The van der Waals surface area contributed by atoms with Crippen molar-refractivity contribution >= 4 is 21.6 Å². The number of aromatic nitrogens is 2. The Hall–Kier alpha value is -1.03. The summed E-state index contributed by atoms with van der Waals surface area (Å²) in [6.45, 7) is 1.81. The summed E-state index contributed by atoms with van der Waals surface area (Å²) in [7, 11) is 3.54. The number of rotatable bonds is 1. The third kappa shape index (κ3) is 1.54. The molecule has 0 spiro atoms. The summed E-state index contributed by atoms with van der Waals surface area (Å²) in [5, 5.41) is 3.28. The van der Waals surface area contributed by atoms with Crippen molar-refractivity contribution in [3.8, 4) is 5.88 Å². The normalized spacial score (nSPS) is 15.1. The number of nitrogens with zero attached hydrogens (tertiary/aromatic N) is 2. The molecule has 0 atom stereocenters. The second-order valence-corrected chi connectivity index (χ2v) is 3.13. The van der Waals surface area contributed by atoms with Crippen LogP contribution in [-0.4, -0.2) is 32.4 Å². The summed E-state index contributed by atoms with van der Waals surface area (Å²) < 4.78 is 5.20. The minimum Gasteiger partial charge on any atom is -0.555 e. The van der Waals surface area contributed by atoms with Crippen LogP contribution in [0.1, 0.15) is 11.3 Å². The Morgan fingerprint density at radius 3 is 3.00 bits per heavy atom. The molecule has 1 aliphatic heterocycles. The summed E-state index contributed by atoms with van der Waals surface area (Å²) in [6.07, 6.45) is 0.967. The van der Waals surface area contributed by atoms with E-state index in [1.165, 1.54) is 0 Å². The fourth-order valence-corrected chi connectivity index (χ4v) is 1.60. The van der Waals surface area contributed by atoms with Gasteiger partial charge in [0.2, 0.25) is 5.88 Å². The molecule has 2 rings (SSSR count). The summed E-state index contributed by atoms with van der Waals surface area (Å²) in [5.74, 6) is 0.717. The van der Waals surface area contributed by atoms with E-state index in [1.54, 1.807) is 8.05 Å².